The third-order valence-electron chi connectivity index (χ3n) is 16.5. The molecule has 1 aliphatic carbocycles. The van der Waals surface area contributed by atoms with Crippen molar-refractivity contribution in [3.63, 3.8) is 0 Å². The Hall–Kier alpha value is -8.36. The Morgan fingerprint density at radius 1 is 0.250 bits per heavy atom. The molecule has 0 N–H and O–H groups in total. The van der Waals surface area contributed by atoms with Gasteiger partial charge in [0.2, 0.25) is 0 Å². The normalized spacial score (nSPS) is 14.5. The molecule has 0 fully saturated rings. The topological polar surface area (TPSA) is 6.48 Å². The van der Waals surface area contributed by atoms with Crippen LogP contribution in [0.4, 0.5) is 34.1 Å². The Balaban J connectivity index is 1.04. The van der Waals surface area contributed by atoms with Gasteiger partial charge in [-0.3, -0.25) is 0 Å². The molecule has 10 aromatic carbocycles. The molecule has 0 radical (unpaired) electrons. The molecule has 0 atom stereocenters. The average Bonchev–Trinajstić information content (AvgIpc) is 4.45. The second kappa shape index (κ2) is 16.1. The minimum atomic E-state index is -0.712. The summed E-state index contributed by atoms with van der Waals surface area (Å²) in [6, 6.07) is 96.6. The number of nitrogens with zero attached hydrogens (tertiary/aromatic N) is 2. The monoisotopic (exact) mass is 1040 g/mol. The van der Waals surface area contributed by atoms with Gasteiger partial charge in [-0.25, -0.2) is 0 Å². The lowest BCUT2D eigenvalue weighted by Gasteiger charge is -2.53. The van der Waals surface area contributed by atoms with Gasteiger partial charge in [-0.15, -0.1) is 45.3 Å². The standard InChI is InChI=1S/C70H42N2S4/c1-3-19-45(20-4-1)71-57-29-13-9-25-51(57)69(52-26-10-14-30-58(52)71)55-41-63(43-35-37-49-47-23-7-17-33-61(47)73-65(49)39-43)76-68(55)70(53-27-11-15-31-59(53)72(46-21-5-2-6-22-46)60-32-16-12-28-54(60)70)56-42-64(75-67(56)69)44-36-38-50-48-24-8-18-34-62(48)74-66(50)40-44/h1-42H. The minimum absolute atomic E-state index is 0.712. The van der Waals surface area contributed by atoms with Crippen molar-refractivity contribution < 1.29 is 0 Å². The Labute approximate surface area is 455 Å². The lowest BCUT2D eigenvalue weighted by atomic mass is 9.53. The van der Waals surface area contributed by atoms with Crippen LogP contribution in [0.3, 0.4) is 0 Å². The number of benzene rings is 10. The summed E-state index contributed by atoms with van der Waals surface area (Å²) in [6.45, 7) is 0. The van der Waals surface area contributed by atoms with E-state index < -0.39 is 10.8 Å². The van der Waals surface area contributed by atoms with Crippen molar-refractivity contribution in [2.45, 2.75) is 10.8 Å². The number of para-hydroxylation sites is 6. The van der Waals surface area contributed by atoms with Crippen LogP contribution in [-0.2, 0) is 10.8 Å². The van der Waals surface area contributed by atoms with Crippen LogP contribution in [0.1, 0.15) is 43.1 Å². The summed E-state index contributed by atoms with van der Waals surface area (Å²) in [5, 5.41) is 5.27. The Kier molecular flexibility index (Phi) is 9.08. The molecule has 0 saturated carbocycles. The van der Waals surface area contributed by atoms with E-state index in [0.717, 1.165) is 11.4 Å². The van der Waals surface area contributed by atoms with E-state index in [2.05, 4.69) is 265 Å². The lowest BCUT2D eigenvalue weighted by Crippen LogP contribution is -2.47. The molecule has 356 valence electrons. The molecule has 6 heterocycles. The molecule has 0 unspecified atom stereocenters. The van der Waals surface area contributed by atoms with E-state index in [-0.39, 0.29) is 0 Å². The predicted octanol–water partition coefficient (Wildman–Crippen LogP) is 20.5. The van der Waals surface area contributed by atoms with E-state index in [1.807, 2.05) is 45.3 Å². The molecule has 14 aromatic rings. The number of rotatable bonds is 4. The van der Waals surface area contributed by atoms with Crippen molar-refractivity contribution in [1.29, 1.82) is 0 Å². The van der Waals surface area contributed by atoms with Crippen molar-refractivity contribution in [1.82, 2.24) is 0 Å². The Morgan fingerprint density at radius 3 is 0.974 bits per heavy atom. The molecule has 0 amide bonds. The molecule has 2 nitrogen and oxygen atoms in total. The average molecular weight is 1040 g/mol. The largest absolute Gasteiger partial charge is 0.310 e. The van der Waals surface area contributed by atoms with Crippen LogP contribution in [0.15, 0.2) is 255 Å². The molecule has 2 aliphatic heterocycles. The van der Waals surface area contributed by atoms with Gasteiger partial charge in [-0.1, -0.05) is 170 Å². The highest BCUT2D eigenvalue weighted by Gasteiger charge is 2.61. The maximum absolute atomic E-state index is 2.63. The fraction of sp³-hybridized carbons (Fsp3) is 0.0286. The quantitative estimate of drug-likeness (QED) is 0.173. The van der Waals surface area contributed by atoms with Crippen molar-refractivity contribution >= 4 is 120 Å². The summed E-state index contributed by atoms with van der Waals surface area (Å²) in [5.74, 6) is 0. The Morgan fingerprint density at radius 2 is 0.579 bits per heavy atom. The first-order valence-corrected chi connectivity index (χ1v) is 29.2. The van der Waals surface area contributed by atoms with Crippen LogP contribution in [0, 0.1) is 0 Å². The SMILES string of the molecule is c1ccc(N2c3ccccc3C3(c4ccccc42)c2cc(-c4ccc5c(c4)sc4ccccc45)sc2C2(c4ccccc4N(c4ccccc4)c4ccccc42)c2cc(-c4ccc5c(c4)sc4ccccc45)sc23)cc1. The number of anilines is 6. The fourth-order valence-electron chi connectivity index (χ4n) is 13.5. The predicted molar refractivity (Wildman–Crippen MR) is 326 cm³/mol. The minimum Gasteiger partial charge on any atom is -0.310 e. The van der Waals surface area contributed by atoms with Crippen molar-refractivity contribution in [2.24, 2.45) is 0 Å². The zero-order valence-corrected chi connectivity index (χ0v) is 44.0. The smallest absolute Gasteiger partial charge is 0.0850 e. The summed E-state index contributed by atoms with van der Waals surface area (Å²) < 4.78 is 5.27. The highest BCUT2D eigenvalue weighted by molar-refractivity contribution is 7.26. The van der Waals surface area contributed by atoms with Crippen LogP contribution in [0.5, 0.6) is 0 Å². The van der Waals surface area contributed by atoms with Gasteiger partial charge in [-0.05, 0) is 129 Å². The van der Waals surface area contributed by atoms with Gasteiger partial charge >= 0.3 is 0 Å². The molecule has 17 rings (SSSR count). The van der Waals surface area contributed by atoms with Crippen LogP contribution in [-0.4, -0.2) is 0 Å². The van der Waals surface area contributed by atoms with Crippen molar-refractivity contribution in [3.05, 3.63) is 298 Å². The molecule has 2 spiro atoms. The van der Waals surface area contributed by atoms with Crippen LogP contribution >= 0.6 is 45.3 Å². The molecule has 0 bridgehead atoms. The van der Waals surface area contributed by atoms with Gasteiger partial charge in [0, 0.05) is 71.2 Å². The van der Waals surface area contributed by atoms with Crippen LogP contribution in [0.2, 0.25) is 0 Å². The maximum atomic E-state index is 2.63. The van der Waals surface area contributed by atoms with Gasteiger partial charge < -0.3 is 9.80 Å². The molecule has 4 aromatic heterocycles. The van der Waals surface area contributed by atoms with E-state index >= 15 is 0 Å². The van der Waals surface area contributed by atoms with E-state index in [9.17, 15) is 0 Å². The summed E-state index contributed by atoms with van der Waals surface area (Å²) in [5.41, 5.74) is 16.0. The van der Waals surface area contributed by atoms with Gasteiger partial charge in [0.15, 0.2) is 0 Å². The summed E-state index contributed by atoms with van der Waals surface area (Å²) >= 11 is 7.79. The van der Waals surface area contributed by atoms with Crippen molar-refractivity contribution in [3.8, 4) is 20.9 Å². The molecule has 3 aliphatic rings. The van der Waals surface area contributed by atoms with Gasteiger partial charge in [0.05, 0.1) is 33.6 Å². The lowest BCUT2D eigenvalue weighted by molar-refractivity contribution is 0.634. The number of hydrogen-bond donors (Lipinski definition) is 0. The molecular formula is C70H42N2S4. The van der Waals surface area contributed by atoms with Crippen LogP contribution < -0.4 is 9.80 Å². The first kappa shape index (κ1) is 42.9. The van der Waals surface area contributed by atoms with E-state index in [4.69, 9.17) is 0 Å². The number of hydrogen-bond acceptors (Lipinski definition) is 6. The number of thiophene rings is 4. The van der Waals surface area contributed by atoms with Crippen molar-refractivity contribution in [2.75, 3.05) is 9.80 Å². The van der Waals surface area contributed by atoms with Gasteiger partial charge in [0.1, 0.15) is 0 Å². The summed E-state index contributed by atoms with van der Waals surface area (Å²) in [6.07, 6.45) is 0. The summed E-state index contributed by atoms with van der Waals surface area (Å²) in [7, 11) is 0. The first-order valence-electron chi connectivity index (χ1n) is 25.9. The fourth-order valence-corrected chi connectivity index (χ4v) is 18.6. The zero-order chi connectivity index (χ0) is 49.7. The molecular weight excluding hydrogens is 997 g/mol. The Bertz CT molecular complexity index is 4250. The van der Waals surface area contributed by atoms with E-state index in [0.29, 0.717) is 0 Å². The van der Waals surface area contributed by atoms with Gasteiger partial charge in [0.25, 0.3) is 0 Å². The highest BCUT2D eigenvalue weighted by Crippen LogP contribution is 2.71. The number of fused-ring (bicyclic) bond motifs is 20. The second-order valence-corrected chi connectivity index (χ2v) is 24.5. The first-order chi connectivity index (χ1) is 37.7. The highest BCUT2D eigenvalue weighted by atomic mass is 32.1. The third kappa shape index (κ3) is 5.69. The van der Waals surface area contributed by atoms with Crippen LogP contribution in [0.25, 0.3) is 61.2 Å². The molecule has 0 saturated heterocycles. The van der Waals surface area contributed by atoms with E-state index in [1.54, 1.807) is 0 Å². The molecule has 6 heteroatoms. The zero-order valence-electron chi connectivity index (χ0n) is 40.8. The van der Waals surface area contributed by atoms with Gasteiger partial charge in [-0.2, -0.15) is 0 Å². The maximum Gasteiger partial charge on any atom is 0.0850 e. The summed E-state index contributed by atoms with van der Waals surface area (Å²) in [4.78, 5) is 10.3. The molecule has 76 heavy (non-hydrogen) atoms. The third-order valence-corrected chi connectivity index (χ3v) is 21.4. The second-order valence-electron chi connectivity index (χ2n) is 20.2. The van der Waals surface area contributed by atoms with E-state index in [1.165, 1.54) is 127 Å².